The van der Waals surface area contributed by atoms with Crippen LogP contribution in [-0.2, 0) is 27.3 Å². The number of pyridine rings is 1. The molecule has 1 aliphatic carbocycles. The summed E-state index contributed by atoms with van der Waals surface area (Å²) in [6.45, 7) is 1.17. The van der Waals surface area contributed by atoms with Crippen molar-refractivity contribution >= 4 is 52.4 Å². The molecule has 38 heavy (non-hydrogen) atoms. The summed E-state index contributed by atoms with van der Waals surface area (Å²) in [5, 5.41) is 18.1. The number of likely N-dealkylation sites (N-methyl/N-ethyl adjacent to an activating group) is 1. The van der Waals surface area contributed by atoms with Crippen LogP contribution in [0.1, 0.15) is 39.6 Å². The number of nitrogens with zero attached hydrogens (tertiary/aromatic N) is 4. The Bertz CT molecular complexity index is 1210. The molecule has 4 amide bonds. The van der Waals surface area contributed by atoms with Crippen LogP contribution in [-0.4, -0.2) is 88.0 Å². The third-order valence-corrected chi connectivity index (χ3v) is 8.02. The molecular formula is C24H30ClN7O5S. The molecule has 4 rings (SSSR count). The Hall–Kier alpha value is -3.13. The molecule has 1 fully saturated rings. The van der Waals surface area contributed by atoms with E-state index in [-0.39, 0.29) is 18.1 Å². The number of hydrogen-bond acceptors (Lipinski definition) is 9. The fraction of sp³-hybridized carbons (Fsp3) is 0.500. The maximum absolute atomic E-state index is 13.2. The highest BCUT2D eigenvalue weighted by Gasteiger charge is 2.38. The third-order valence-electron chi connectivity index (χ3n) is 6.71. The second kappa shape index (κ2) is 12.2. The van der Waals surface area contributed by atoms with Gasteiger partial charge in [-0.2, -0.15) is 0 Å². The number of aromatic nitrogens is 2. The van der Waals surface area contributed by atoms with Crippen molar-refractivity contribution in [1.82, 2.24) is 30.4 Å². The van der Waals surface area contributed by atoms with Gasteiger partial charge in [0.1, 0.15) is 12.5 Å². The van der Waals surface area contributed by atoms with Crippen LogP contribution in [0.2, 0.25) is 5.02 Å². The molecule has 2 aromatic heterocycles. The number of carbonyl (C=O) groups excluding carboxylic acids is 4. The molecule has 0 saturated heterocycles. The first-order valence-electron chi connectivity index (χ1n) is 12.2. The predicted molar refractivity (Wildman–Crippen MR) is 140 cm³/mol. The number of halogens is 1. The molecule has 0 aromatic carbocycles. The summed E-state index contributed by atoms with van der Waals surface area (Å²) in [7, 11) is 3.51. The Morgan fingerprint density at radius 3 is 2.68 bits per heavy atom. The van der Waals surface area contributed by atoms with E-state index in [0.717, 1.165) is 30.1 Å². The van der Waals surface area contributed by atoms with Gasteiger partial charge in [0.25, 0.3) is 5.91 Å². The van der Waals surface area contributed by atoms with Crippen LogP contribution in [0.5, 0.6) is 0 Å². The highest BCUT2D eigenvalue weighted by molar-refractivity contribution is 7.13. The number of fused-ring (bicyclic) bond motifs is 1. The molecule has 0 unspecified atom stereocenters. The van der Waals surface area contributed by atoms with E-state index in [2.05, 4.69) is 30.8 Å². The minimum absolute atomic E-state index is 0.166. The van der Waals surface area contributed by atoms with E-state index in [1.165, 1.54) is 41.6 Å². The second-order valence-electron chi connectivity index (χ2n) is 9.54. The minimum Gasteiger partial charge on any atom is -0.376 e. The number of carbonyl (C=O) groups is 4. The fourth-order valence-corrected chi connectivity index (χ4v) is 5.82. The van der Waals surface area contributed by atoms with Gasteiger partial charge in [-0.25, -0.2) is 9.97 Å². The van der Waals surface area contributed by atoms with Gasteiger partial charge >= 0.3 is 11.8 Å². The number of amides is 4. The topological polar surface area (TPSA) is 157 Å². The first-order valence-corrected chi connectivity index (χ1v) is 13.4. The summed E-state index contributed by atoms with van der Waals surface area (Å²) in [6, 6.07) is 1.77. The van der Waals surface area contributed by atoms with E-state index in [1.54, 1.807) is 0 Å². The van der Waals surface area contributed by atoms with Crippen molar-refractivity contribution in [2.75, 3.05) is 32.7 Å². The van der Waals surface area contributed by atoms with E-state index in [0.29, 0.717) is 22.9 Å². The lowest BCUT2D eigenvalue weighted by molar-refractivity contribution is -0.139. The van der Waals surface area contributed by atoms with Crippen molar-refractivity contribution in [3.8, 4) is 0 Å². The van der Waals surface area contributed by atoms with Crippen LogP contribution in [0, 0.1) is 5.92 Å². The van der Waals surface area contributed by atoms with E-state index >= 15 is 0 Å². The number of rotatable bonds is 6. The molecule has 0 bridgehead atoms. The van der Waals surface area contributed by atoms with E-state index in [1.807, 2.05) is 7.05 Å². The van der Waals surface area contributed by atoms with Crippen LogP contribution < -0.4 is 16.0 Å². The zero-order chi connectivity index (χ0) is 27.4. The molecule has 2 aromatic rings. The van der Waals surface area contributed by atoms with Crippen molar-refractivity contribution in [1.29, 1.82) is 0 Å². The van der Waals surface area contributed by atoms with Gasteiger partial charge in [0.05, 0.1) is 16.8 Å². The maximum atomic E-state index is 13.2. The Labute approximate surface area is 228 Å². The van der Waals surface area contributed by atoms with Gasteiger partial charge in [-0.15, -0.1) is 11.3 Å². The summed E-state index contributed by atoms with van der Waals surface area (Å²) in [4.78, 5) is 64.0. The lowest BCUT2D eigenvalue weighted by atomic mass is 9.81. The number of hydrogen-bond donors (Lipinski definition) is 4. The Kier molecular flexibility index (Phi) is 8.92. The summed E-state index contributed by atoms with van der Waals surface area (Å²) in [5.41, 5.74) is 0.914. The van der Waals surface area contributed by atoms with Crippen molar-refractivity contribution in [3.63, 3.8) is 0 Å². The Balaban J connectivity index is 1.46. The van der Waals surface area contributed by atoms with Gasteiger partial charge in [0.15, 0.2) is 5.01 Å². The van der Waals surface area contributed by atoms with E-state index in [4.69, 9.17) is 11.6 Å². The smallest absolute Gasteiger partial charge is 0.314 e. The van der Waals surface area contributed by atoms with Crippen LogP contribution in [0.4, 0.5) is 5.82 Å². The van der Waals surface area contributed by atoms with Gasteiger partial charge in [0, 0.05) is 49.6 Å². The Morgan fingerprint density at radius 2 is 1.97 bits per heavy atom. The molecular weight excluding hydrogens is 534 g/mol. The molecule has 3 heterocycles. The molecule has 1 saturated carbocycles. The van der Waals surface area contributed by atoms with E-state index < -0.39 is 42.5 Å². The van der Waals surface area contributed by atoms with Crippen LogP contribution in [0.15, 0.2) is 18.3 Å². The monoisotopic (exact) mass is 563 g/mol. The molecule has 14 heteroatoms. The second-order valence-corrected chi connectivity index (χ2v) is 11.1. The number of thiazole rings is 1. The molecule has 3 atom stereocenters. The van der Waals surface area contributed by atoms with Gasteiger partial charge < -0.3 is 30.9 Å². The highest BCUT2D eigenvalue weighted by atomic mass is 35.5. The predicted octanol–water partition coefficient (Wildman–Crippen LogP) is 0.610. The van der Waals surface area contributed by atoms with Crippen LogP contribution in [0.25, 0.3) is 0 Å². The summed E-state index contributed by atoms with van der Waals surface area (Å²) < 4.78 is 0. The largest absolute Gasteiger partial charge is 0.376 e. The molecule has 0 radical (unpaired) electrons. The van der Waals surface area contributed by atoms with Gasteiger partial charge in [-0.1, -0.05) is 11.6 Å². The molecule has 2 aliphatic rings. The van der Waals surface area contributed by atoms with Crippen molar-refractivity contribution in [3.05, 3.63) is 38.9 Å². The average molecular weight is 564 g/mol. The fourth-order valence-electron chi connectivity index (χ4n) is 4.62. The zero-order valence-electron chi connectivity index (χ0n) is 21.1. The third kappa shape index (κ3) is 6.65. The molecule has 12 nitrogen and oxygen atoms in total. The summed E-state index contributed by atoms with van der Waals surface area (Å²) in [5.74, 6) is -2.75. The quantitative estimate of drug-likeness (QED) is 0.294. The maximum Gasteiger partial charge on any atom is 0.314 e. The van der Waals surface area contributed by atoms with Gasteiger partial charge in [-0.3, -0.25) is 19.2 Å². The summed E-state index contributed by atoms with van der Waals surface area (Å²) in [6.07, 6.45) is 3.10. The number of aliphatic hydroxyl groups excluding tert-OH is 1. The first-order chi connectivity index (χ1) is 18.1. The van der Waals surface area contributed by atoms with Crippen molar-refractivity contribution in [2.24, 2.45) is 5.92 Å². The average Bonchev–Trinajstić information content (AvgIpc) is 3.33. The molecule has 204 valence electrons. The van der Waals surface area contributed by atoms with Crippen molar-refractivity contribution in [2.45, 2.75) is 44.3 Å². The molecule has 1 aliphatic heterocycles. The van der Waals surface area contributed by atoms with Gasteiger partial charge in [-0.05, 0) is 38.4 Å². The van der Waals surface area contributed by atoms with Gasteiger partial charge in [0.2, 0.25) is 5.91 Å². The number of aliphatic hydroxyl groups is 1. The normalized spacial score (nSPS) is 21.2. The SMILES string of the molecule is CN1CCc2nc(C(=O)N[C@@H]3C[C@@H](C(=O)N(C)CO)CC[C@@H]3NC(=O)C(=O)Nc3ccc(Cl)cn3)sc2C1. The highest BCUT2D eigenvalue weighted by Crippen LogP contribution is 2.28. The minimum atomic E-state index is -0.917. The summed E-state index contributed by atoms with van der Waals surface area (Å²) >= 11 is 7.14. The van der Waals surface area contributed by atoms with Crippen molar-refractivity contribution < 1.29 is 24.3 Å². The first kappa shape index (κ1) is 27.9. The standard InChI is InChI=1S/C24H30ClN7O5S/c1-31-8-7-16-18(11-31)38-23(29-16)22(36)28-17-9-13(24(37)32(2)12-33)3-5-15(17)27-20(34)21(35)30-19-6-4-14(25)10-26-19/h4,6,10,13,15,17,33H,3,5,7-9,11-12H2,1-2H3,(H,27,34)(H,28,36)(H,26,30,35)/t13-,15-,17+/m0/s1. The van der Waals surface area contributed by atoms with Crippen LogP contribution in [0.3, 0.4) is 0 Å². The number of anilines is 1. The molecule has 0 spiro atoms. The zero-order valence-corrected chi connectivity index (χ0v) is 22.6. The van der Waals surface area contributed by atoms with E-state index in [9.17, 15) is 24.3 Å². The Morgan fingerprint density at radius 1 is 1.18 bits per heavy atom. The number of nitrogens with one attached hydrogen (secondary N) is 3. The molecule has 4 N–H and O–H groups in total. The van der Waals surface area contributed by atoms with Crippen LogP contribution >= 0.6 is 22.9 Å². The lowest BCUT2D eigenvalue weighted by Crippen LogP contribution is -2.57. The lowest BCUT2D eigenvalue weighted by Gasteiger charge is -2.37.